The number of phenolic OH excluding ortho intramolecular Hbond substituents is 3. The summed E-state index contributed by atoms with van der Waals surface area (Å²) in [6, 6.07) is 8.18. The van der Waals surface area contributed by atoms with Gasteiger partial charge in [-0.2, -0.15) is 0 Å². The fraction of sp³-hybridized carbons (Fsp3) is 0.222. The number of hydrogen-bond acceptors (Lipinski definition) is 4. The van der Waals surface area contributed by atoms with Crippen LogP contribution in [0.4, 0.5) is 0 Å². The van der Waals surface area contributed by atoms with Gasteiger partial charge in [0.05, 0.1) is 7.11 Å². The van der Waals surface area contributed by atoms with E-state index in [1.165, 1.54) is 13.2 Å². The third-order valence-electron chi connectivity index (χ3n) is 3.43. The Balaban J connectivity index is 2.67. The van der Waals surface area contributed by atoms with E-state index < -0.39 is 0 Å². The molecule has 2 aromatic carbocycles. The van der Waals surface area contributed by atoms with E-state index >= 15 is 0 Å². The lowest BCUT2D eigenvalue weighted by atomic mass is 9.95. The first kappa shape index (κ1) is 15.8. The summed E-state index contributed by atoms with van der Waals surface area (Å²) < 4.78 is 5.29. The van der Waals surface area contributed by atoms with Crippen LogP contribution in [0.1, 0.15) is 19.4 Å². The predicted octanol–water partition coefficient (Wildman–Crippen LogP) is 3.99. The number of rotatable bonds is 4. The Kier molecular flexibility index (Phi) is 4.61. The highest BCUT2D eigenvalue weighted by atomic mass is 16.5. The van der Waals surface area contributed by atoms with Crippen molar-refractivity contribution in [2.75, 3.05) is 7.11 Å². The van der Waals surface area contributed by atoms with Crippen molar-refractivity contribution < 1.29 is 20.1 Å². The molecule has 0 saturated heterocycles. The first-order chi connectivity index (χ1) is 10.4. The van der Waals surface area contributed by atoms with Crippen molar-refractivity contribution in [3.8, 4) is 34.1 Å². The summed E-state index contributed by atoms with van der Waals surface area (Å²) in [4.78, 5) is 0. The highest BCUT2D eigenvalue weighted by Crippen LogP contribution is 2.44. The zero-order valence-electron chi connectivity index (χ0n) is 12.9. The van der Waals surface area contributed by atoms with E-state index in [1.807, 2.05) is 19.9 Å². The average Bonchev–Trinajstić information content (AvgIpc) is 2.48. The van der Waals surface area contributed by atoms with Gasteiger partial charge in [0.2, 0.25) is 5.75 Å². The molecule has 0 bridgehead atoms. The van der Waals surface area contributed by atoms with E-state index in [-0.39, 0.29) is 23.0 Å². The Labute approximate surface area is 129 Å². The Hall–Kier alpha value is -2.62. The van der Waals surface area contributed by atoms with Gasteiger partial charge < -0.3 is 20.1 Å². The number of benzene rings is 2. The minimum atomic E-state index is -0.262. The summed E-state index contributed by atoms with van der Waals surface area (Å²) >= 11 is 0. The van der Waals surface area contributed by atoms with Crippen molar-refractivity contribution in [3.63, 3.8) is 0 Å². The second-order valence-corrected chi connectivity index (χ2v) is 5.34. The van der Waals surface area contributed by atoms with Gasteiger partial charge in [-0.3, -0.25) is 0 Å². The van der Waals surface area contributed by atoms with Gasteiger partial charge in [0.15, 0.2) is 11.5 Å². The maximum Gasteiger partial charge on any atom is 0.200 e. The van der Waals surface area contributed by atoms with Gasteiger partial charge >= 0.3 is 0 Å². The molecule has 0 amide bonds. The highest BCUT2D eigenvalue weighted by molar-refractivity contribution is 5.76. The number of aromatic hydroxyl groups is 3. The number of allylic oxidation sites excluding steroid dienone is 2. The zero-order valence-corrected chi connectivity index (χ0v) is 12.9. The van der Waals surface area contributed by atoms with Gasteiger partial charge in [-0.15, -0.1) is 0 Å². The molecule has 2 rings (SSSR count). The third-order valence-corrected chi connectivity index (χ3v) is 3.43. The van der Waals surface area contributed by atoms with Crippen LogP contribution in [0.15, 0.2) is 42.0 Å². The van der Waals surface area contributed by atoms with Crippen LogP contribution in [0.2, 0.25) is 0 Å². The molecule has 0 aromatic heterocycles. The molecule has 0 spiro atoms. The summed E-state index contributed by atoms with van der Waals surface area (Å²) in [6.07, 6.45) is 2.59. The van der Waals surface area contributed by atoms with Crippen LogP contribution in [0.3, 0.4) is 0 Å². The monoisotopic (exact) mass is 300 g/mol. The molecule has 0 heterocycles. The van der Waals surface area contributed by atoms with Gasteiger partial charge in [-0.05, 0) is 49.6 Å². The number of ether oxygens (including phenoxy) is 1. The fourth-order valence-electron chi connectivity index (χ4n) is 2.30. The van der Waals surface area contributed by atoms with Gasteiger partial charge in [0.25, 0.3) is 0 Å². The minimum absolute atomic E-state index is 0.171. The van der Waals surface area contributed by atoms with E-state index in [0.29, 0.717) is 6.42 Å². The molecule has 0 radical (unpaired) electrons. The molecule has 4 nitrogen and oxygen atoms in total. The second kappa shape index (κ2) is 6.43. The Morgan fingerprint density at radius 3 is 2.27 bits per heavy atom. The number of methoxy groups -OCH3 is 1. The topological polar surface area (TPSA) is 69.9 Å². The van der Waals surface area contributed by atoms with E-state index in [9.17, 15) is 15.3 Å². The first-order valence-electron chi connectivity index (χ1n) is 6.98. The van der Waals surface area contributed by atoms with Crippen LogP contribution in [0.25, 0.3) is 11.1 Å². The van der Waals surface area contributed by atoms with Crippen molar-refractivity contribution >= 4 is 0 Å². The second-order valence-electron chi connectivity index (χ2n) is 5.34. The molecular weight excluding hydrogens is 280 g/mol. The average molecular weight is 300 g/mol. The maximum atomic E-state index is 10.0. The normalized spacial score (nSPS) is 10.3. The van der Waals surface area contributed by atoms with Crippen LogP contribution in [-0.4, -0.2) is 22.4 Å². The summed E-state index contributed by atoms with van der Waals surface area (Å²) in [5, 5.41) is 29.4. The van der Waals surface area contributed by atoms with E-state index in [4.69, 9.17) is 4.74 Å². The van der Waals surface area contributed by atoms with Crippen LogP contribution in [0.5, 0.6) is 23.0 Å². The van der Waals surface area contributed by atoms with Crippen molar-refractivity contribution in [1.82, 2.24) is 0 Å². The summed E-state index contributed by atoms with van der Waals surface area (Å²) in [6.45, 7) is 3.99. The molecule has 0 atom stereocenters. The molecule has 0 fully saturated rings. The van der Waals surface area contributed by atoms with Gasteiger partial charge in [-0.25, -0.2) is 0 Å². The van der Waals surface area contributed by atoms with Crippen LogP contribution in [-0.2, 0) is 6.42 Å². The molecule has 116 valence electrons. The molecule has 0 unspecified atom stereocenters. The third kappa shape index (κ3) is 3.17. The predicted molar refractivity (Wildman–Crippen MR) is 86.6 cm³/mol. The lowest BCUT2D eigenvalue weighted by Gasteiger charge is -2.16. The standard InChI is InChI=1S/C18H20O4/c1-11(2)4-9-14-15(12-5-7-13(19)8-6-12)10-16(20)17(21)18(14)22-3/h4-8,10,19-21H,9H2,1-3H3. The maximum absolute atomic E-state index is 10.0. The van der Waals surface area contributed by atoms with Gasteiger partial charge in [0, 0.05) is 5.56 Å². The lowest BCUT2D eigenvalue weighted by Crippen LogP contribution is -1.96. The first-order valence-corrected chi connectivity index (χ1v) is 6.98. The van der Waals surface area contributed by atoms with Crippen LogP contribution in [0, 0.1) is 0 Å². The number of hydrogen-bond donors (Lipinski definition) is 3. The van der Waals surface area contributed by atoms with Crippen molar-refractivity contribution in [2.24, 2.45) is 0 Å². The Morgan fingerprint density at radius 2 is 1.73 bits per heavy atom. The molecule has 22 heavy (non-hydrogen) atoms. The van der Waals surface area contributed by atoms with Crippen molar-refractivity contribution in [1.29, 1.82) is 0 Å². The van der Waals surface area contributed by atoms with Crippen LogP contribution < -0.4 is 4.74 Å². The molecule has 4 heteroatoms. The van der Waals surface area contributed by atoms with E-state index in [2.05, 4.69) is 0 Å². The molecule has 3 N–H and O–H groups in total. The minimum Gasteiger partial charge on any atom is -0.508 e. The zero-order chi connectivity index (χ0) is 16.3. The van der Waals surface area contributed by atoms with E-state index in [0.717, 1.165) is 22.3 Å². The molecule has 0 aliphatic rings. The Morgan fingerprint density at radius 1 is 1.09 bits per heavy atom. The molecule has 0 aliphatic heterocycles. The largest absolute Gasteiger partial charge is 0.508 e. The molecule has 0 aliphatic carbocycles. The van der Waals surface area contributed by atoms with Gasteiger partial charge in [-0.1, -0.05) is 23.8 Å². The fourth-order valence-corrected chi connectivity index (χ4v) is 2.30. The SMILES string of the molecule is COc1c(O)c(O)cc(-c2ccc(O)cc2)c1CC=C(C)C. The molecule has 0 saturated carbocycles. The van der Waals surface area contributed by atoms with Crippen molar-refractivity contribution in [2.45, 2.75) is 20.3 Å². The van der Waals surface area contributed by atoms with Gasteiger partial charge in [0.1, 0.15) is 5.75 Å². The summed E-state index contributed by atoms with van der Waals surface area (Å²) in [5.74, 6) is -0.0619. The summed E-state index contributed by atoms with van der Waals surface area (Å²) in [7, 11) is 1.46. The highest BCUT2D eigenvalue weighted by Gasteiger charge is 2.18. The van der Waals surface area contributed by atoms with Crippen LogP contribution >= 0.6 is 0 Å². The lowest BCUT2D eigenvalue weighted by molar-refractivity contribution is 0.348. The van der Waals surface area contributed by atoms with E-state index in [1.54, 1.807) is 24.3 Å². The molecule has 2 aromatic rings. The number of phenols is 3. The smallest absolute Gasteiger partial charge is 0.200 e. The quantitative estimate of drug-likeness (QED) is 0.590. The van der Waals surface area contributed by atoms with Crippen molar-refractivity contribution in [3.05, 3.63) is 47.5 Å². The molecular formula is C18H20O4. The summed E-state index contributed by atoms with van der Waals surface area (Å²) in [5.41, 5.74) is 3.50. The Bertz CT molecular complexity index is 696.